The van der Waals surface area contributed by atoms with Gasteiger partial charge in [-0.15, -0.1) is 0 Å². The molecule has 4 nitrogen and oxygen atoms in total. The van der Waals surface area contributed by atoms with Crippen LogP contribution in [0.15, 0.2) is 88.2 Å². The average molecular weight is 446 g/mol. The zero-order chi connectivity index (χ0) is 21.4. The molecule has 0 atom stereocenters. The van der Waals surface area contributed by atoms with Gasteiger partial charge in [0.2, 0.25) is 0 Å². The monoisotopic (exact) mass is 445 g/mol. The molecule has 1 fully saturated rings. The Morgan fingerprint density at radius 2 is 1.68 bits per heavy atom. The first-order valence-electron chi connectivity index (χ1n) is 9.67. The normalized spacial score (nSPS) is 15.4. The highest BCUT2D eigenvalue weighted by molar-refractivity contribution is 8.18. The lowest BCUT2D eigenvalue weighted by Gasteiger charge is -2.14. The fraction of sp³-hybridized carbons (Fsp3) is 0.0400. The number of halogens is 1. The zero-order valence-electron chi connectivity index (χ0n) is 16.2. The molecule has 0 aliphatic carbocycles. The first kappa shape index (κ1) is 19.7. The van der Waals surface area contributed by atoms with Crippen LogP contribution in [-0.2, 0) is 11.3 Å². The molecule has 1 saturated heterocycles. The Hall–Kier alpha value is -3.28. The van der Waals surface area contributed by atoms with Crippen LogP contribution in [0, 0.1) is 0 Å². The van der Waals surface area contributed by atoms with Crippen LogP contribution in [0.5, 0.6) is 0 Å². The van der Waals surface area contributed by atoms with Crippen molar-refractivity contribution in [1.82, 2.24) is 4.90 Å². The van der Waals surface area contributed by atoms with Crippen molar-refractivity contribution in [3.63, 3.8) is 0 Å². The van der Waals surface area contributed by atoms with E-state index in [0.717, 1.165) is 33.7 Å². The summed E-state index contributed by atoms with van der Waals surface area (Å²) in [7, 11) is 0. The number of thioether (sulfide) groups is 1. The van der Waals surface area contributed by atoms with Gasteiger partial charge in [0, 0.05) is 11.6 Å². The molecule has 152 valence electrons. The Morgan fingerprint density at radius 1 is 0.903 bits per heavy atom. The van der Waals surface area contributed by atoms with Crippen molar-refractivity contribution in [2.24, 2.45) is 0 Å². The van der Waals surface area contributed by atoms with Crippen molar-refractivity contribution in [2.75, 3.05) is 0 Å². The van der Waals surface area contributed by atoms with Crippen LogP contribution in [0.4, 0.5) is 4.79 Å². The Labute approximate surface area is 188 Å². The minimum Gasteiger partial charge on any atom is -0.457 e. The molecule has 0 saturated carbocycles. The number of imide groups is 1. The summed E-state index contributed by atoms with van der Waals surface area (Å²) >= 11 is 7.16. The molecule has 0 radical (unpaired) electrons. The average Bonchev–Trinajstić information content (AvgIpc) is 3.34. The number of hydrogen-bond acceptors (Lipinski definition) is 4. The number of furan rings is 1. The molecule has 0 unspecified atom stereocenters. The number of hydrogen-bond donors (Lipinski definition) is 0. The molecule has 31 heavy (non-hydrogen) atoms. The molecule has 2 amide bonds. The highest BCUT2D eigenvalue weighted by Gasteiger charge is 2.35. The molecule has 4 aromatic rings. The van der Waals surface area contributed by atoms with Crippen LogP contribution in [0.3, 0.4) is 0 Å². The summed E-state index contributed by atoms with van der Waals surface area (Å²) in [6, 6.07) is 24.8. The van der Waals surface area contributed by atoms with E-state index in [1.807, 2.05) is 60.7 Å². The number of carbonyl (C=O) groups excluding carboxylic acids is 2. The summed E-state index contributed by atoms with van der Waals surface area (Å²) in [4.78, 5) is 27.1. The molecule has 2 heterocycles. The Balaban J connectivity index is 1.40. The van der Waals surface area contributed by atoms with Gasteiger partial charge in [0.05, 0.1) is 16.5 Å². The summed E-state index contributed by atoms with van der Waals surface area (Å²) in [5.41, 5.74) is 1.70. The van der Waals surface area contributed by atoms with E-state index < -0.39 is 0 Å². The third kappa shape index (κ3) is 3.78. The lowest BCUT2D eigenvalue weighted by molar-refractivity contribution is -0.123. The molecule has 1 aliphatic rings. The quantitative estimate of drug-likeness (QED) is 0.317. The van der Waals surface area contributed by atoms with E-state index in [2.05, 4.69) is 0 Å². The molecule has 3 aromatic carbocycles. The molecule has 5 rings (SSSR count). The highest BCUT2D eigenvalue weighted by atomic mass is 35.5. The largest absolute Gasteiger partial charge is 0.457 e. The van der Waals surface area contributed by atoms with Crippen LogP contribution < -0.4 is 0 Å². The van der Waals surface area contributed by atoms with Crippen molar-refractivity contribution in [3.05, 3.63) is 100 Å². The number of fused-ring (bicyclic) bond motifs is 1. The molecule has 1 aromatic heterocycles. The Bertz CT molecular complexity index is 1350. The van der Waals surface area contributed by atoms with Gasteiger partial charge in [0.25, 0.3) is 11.1 Å². The summed E-state index contributed by atoms with van der Waals surface area (Å²) < 4.78 is 5.85. The van der Waals surface area contributed by atoms with Crippen molar-refractivity contribution in [2.45, 2.75) is 6.54 Å². The van der Waals surface area contributed by atoms with Gasteiger partial charge in [0.1, 0.15) is 11.5 Å². The Kier molecular flexibility index (Phi) is 5.14. The molecule has 0 N–H and O–H groups in total. The van der Waals surface area contributed by atoms with Crippen LogP contribution in [0.1, 0.15) is 11.3 Å². The number of carbonyl (C=O) groups is 2. The van der Waals surface area contributed by atoms with Crippen molar-refractivity contribution in [1.29, 1.82) is 0 Å². The van der Waals surface area contributed by atoms with Gasteiger partial charge in [0.15, 0.2) is 0 Å². The number of amides is 2. The smallest absolute Gasteiger partial charge is 0.293 e. The van der Waals surface area contributed by atoms with E-state index in [4.69, 9.17) is 16.0 Å². The third-order valence-corrected chi connectivity index (χ3v) is 6.36. The molecule has 6 heteroatoms. The van der Waals surface area contributed by atoms with E-state index in [0.29, 0.717) is 21.4 Å². The van der Waals surface area contributed by atoms with E-state index in [-0.39, 0.29) is 17.7 Å². The van der Waals surface area contributed by atoms with E-state index in [1.54, 1.807) is 24.3 Å². The maximum Gasteiger partial charge on any atom is 0.293 e. The summed E-state index contributed by atoms with van der Waals surface area (Å²) in [6.45, 7) is 0.229. The van der Waals surface area contributed by atoms with E-state index >= 15 is 0 Å². The number of nitrogens with zero attached hydrogens (tertiary/aromatic N) is 1. The van der Waals surface area contributed by atoms with Gasteiger partial charge in [-0.2, -0.15) is 0 Å². The van der Waals surface area contributed by atoms with Gasteiger partial charge in [-0.1, -0.05) is 66.2 Å². The maximum atomic E-state index is 12.9. The topological polar surface area (TPSA) is 50.5 Å². The molecule has 0 spiro atoms. The second-order valence-electron chi connectivity index (χ2n) is 7.09. The predicted molar refractivity (Wildman–Crippen MR) is 125 cm³/mol. The predicted octanol–water partition coefficient (Wildman–Crippen LogP) is 6.99. The zero-order valence-corrected chi connectivity index (χ0v) is 17.8. The highest BCUT2D eigenvalue weighted by Crippen LogP contribution is 2.35. The first-order valence-corrected chi connectivity index (χ1v) is 10.9. The van der Waals surface area contributed by atoms with E-state index in [1.165, 1.54) is 4.90 Å². The molecule has 1 aliphatic heterocycles. The van der Waals surface area contributed by atoms with Crippen molar-refractivity contribution < 1.29 is 14.0 Å². The summed E-state index contributed by atoms with van der Waals surface area (Å²) in [6.07, 6.45) is 1.61. The SMILES string of the molecule is O=C1S/C(=C\c2ccc(-c3ccccc3Cl)o2)C(=O)N1Cc1cccc2ccccc12. The van der Waals surface area contributed by atoms with Gasteiger partial charge >= 0.3 is 0 Å². The van der Waals surface area contributed by atoms with Crippen molar-refractivity contribution >= 4 is 51.4 Å². The van der Waals surface area contributed by atoms with Crippen LogP contribution in [0.25, 0.3) is 28.2 Å². The fourth-order valence-corrected chi connectivity index (χ4v) is 4.65. The number of rotatable bonds is 4. The minimum absolute atomic E-state index is 0.229. The third-order valence-electron chi connectivity index (χ3n) is 5.12. The van der Waals surface area contributed by atoms with Crippen LogP contribution in [0.2, 0.25) is 5.02 Å². The van der Waals surface area contributed by atoms with Gasteiger partial charge < -0.3 is 4.42 Å². The minimum atomic E-state index is -0.321. The second-order valence-corrected chi connectivity index (χ2v) is 8.49. The fourth-order valence-electron chi connectivity index (χ4n) is 3.60. The lowest BCUT2D eigenvalue weighted by atomic mass is 10.0. The number of benzene rings is 3. The summed E-state index contributed by atoms with van der Waals surface area (Å²) in [5, 5.41) is 2.40. The molecule has 0 bridgehead atoms. The van der Waals surface area contributed by atoms with Gasteiger partial charge in [-0.3, -0.25) is 14.5 Å². The van der Waals surface area contributed by atoms with Crippen LogP contribution >= 0.6 is 23.4 Å². The summed E-state index contributed by atoms with van der Waals surface area (Å²) in [5.74, 6) is 0.774. The second kappa shape index (κ2) is 8.10. The lowest BCUT2D eigenvalue weighted by Crippen LogP contribution is -2.27. The standard InChI is InChI=1S/C25H16ClNO3S/c26-21-11-4-3-10-20(21)22-13-12-18(30-22)14-23-24(28)27(25(29)31-23)15-17-8-5-7-16-6-1-2-9-19(16)17/h1-14H,15H2/b23-14-. The maximum absolute atomic E-state index is 12.9. The Morgan fingerprint density at radius 3 is 2.55 bits per heavy atom. The van der Waals surface area contributed by atoms with Gasteiger partial charge in [-0.05, 0) is 52.4 Å². The molecular formula is C25H16ClNO3S. The molecular weight excluding hydrogens is 430 g/mol. The van der Waals surface area contributed by atoms with E-state index in [9.17, 15) is 9.59 Å². The van der Waals surface area contributed by atoms with Gasteiger partial charge in [-0.25, -0.2) is 0 Å². The van der Waals surface area contributed by atoms with Crippen LogP contribution in [-0.4, -0.2) is 16.0 Å². The van der Waals surface area contributed by atoms with Crippen molar-refractivity contribution in [3.8, 4) is 11.3 Å². The first-order chi connectivity index (χ1) is 15.1.